The molecule has 0 heterocycles. The first kappa shape index (κ1) is 14.7. The Morgan fingerprint density at radius 2 is 2.00 bits per heavy atom. The molecule has 0 amide bonds. The largest absolute Gasteiger partial charge is 0.508 e. The Balaban J connectivity index is 2.10. The van der Waals surface area contributed by atoms with Crippen molar-refractivity contribution in [2.24, 2.45) is 0 Å². The smallest absolute Gasteiger partial charge is 0.240 e. The Labute approximate surface area is 118 Å². The van der Waals surface area contributed by atoms with Crippen LogP contribution in [-0.2, 0) is 10.0 Å². The number of hydrogen-bond acceptors (Lipinski definition) is 4. The third-order valence-electron chi connectivity index (χ3n) is 3.29. The second-order valence-corrected chi connectivity index (χ2v) is 7.88. The normalized spacial score (nSPS) is 23.6. The van der Waals surface area contributed by atoms with Gasteiger partial charge in [0.15, 0.2) is 0 Å². The number of aromatic hydroxyl groups is 1. The molecule has 2 N–H and O–H groups in total. The molecule has 0 spiro atoms. The van der Waals surface area contributed by atoms with Crippen LogP contribution in [0.25, 0.3) is 0 Å². The van der Waals surface area contributed by atoms with Gasteiger partial charge in [0.05, 0.1) is 4.90 Å². The summed E-state index contributed by atoms with van der Waals surface area (Å²) in [4.78, 5) is 0.206. The molecule has 0 saturated heterocycles. The number of phenols is 1. The van der Waals surface area contributed by atoms with Crippen LogP contribution in [0.3, 0.4) is 0 Å². The summed E-state index contributed by atoms with van der Waals surface area (Å²) >= 11 is 1.82. The van der Waals surface area contributed by atoms with Crippen molar-refractivity contribution >= 4 is 21.8 Å². The number of hydrogen-bond donors (Lipinski definition) is 2. The second kappa shape index (κ2) is 6.15. The van der Waals surface area contributed by atoms with Crippen molar-refractivity contribution in [3.05, 3.63) is 24.3 Å². The molecule has 1 aromatic carbocycles. The first-order chi connectivity index (χ1) is 9.03. The molecular formula is C13H19NO3S2. The SMILES string of the molecule is CCSC1CCCC1NS(=O)(=O)c1ccc(O)cc1. The maximum Gasteiger partial charge on any atom is 0.240 e. The standard InChI is InChI=1S/C13H19NO3S2/c1-2-18-13-5-3-4-12(13)14-19(16,17)11-8-6-10(15)7-9-11/h6-9,12-15H,2-5H2,1H3. The van der Waals surface area contributed by atoms with Crippen LogP contribution in [-0.4, -0.2) is 30.6 Å². The highest BCUT2D eigenvalue weighted by atomic mass is 32.2. The van der Waals surface area contributed by atoms with Crippen molar-refractivity contribution in [2.75, 3.05) is 5.75 Å². The topological polar surface area (TPSA) is 66.4 Å². The predicted molar refractivity (Wildman–Crippen MR) is 78.0 cm³/mol. The zero-order valence-corrected chi connectivity index (χ0v) is 12.5. The van der Waals surface area contributed by atoms with Crippen LogP contribution in [0.1, 0.15) is 26.2 Å². The molecule has 1 fully saturated rings. The maximum atomic E-state index is 12.2. The fourth-order valence-corrected chi connectivity index (χ4v) is 4.96. The summed E-state index contributed by atoms with van der Waals surface area (Å²) in [5, 5.41) is 9.57. The predicted octanol–water partition coefficient (Wildman–Crippen LogP) is 2.34. The van der Waals surface area contributed by atoms with E-state index in [1.54, 1.807) is 0 Å². The minimum absolute atomic E-state index is 0.0174. The van der Waals surface area contributed by atoms with Crippen LogP contribution in [0, 0.1) is 0 Å². The van der Waals surface area contributed by atoms with Crippen molar-refractivity contribution in [2.45, 2.75) is 42.4 Å². The molecule has 2 unspecified atom stereocenters. The summed E-state index contributed by atoms with van der Waals surface area (Å²) in [5.74, 6) is 1.07. The fraction of sp³-hybridized carbons (Fsp3) is 0.538. The molecule has 1 aromatic rings. The van der Waals surface area contributed by atoms with Gasteiger partial charge in [-0.1, -0.05) is 13.3 Å². The van der Waals surface area contributed by atoms with Crippen molar-refractivity contribution in [1.29, 1.82) is 0 Å². The third kappa shape index (κ3) is 3.64. The van der Waals surface area contributed by atoms with E-state index in [0.717, 1.165) is 25.0 Å². The maximum absolute atomic E-state index is 12.2. The van der Waals surface area contributed by atoms with E-state index in [-0.39, 0.29) is 16.7 Å². The van der Waals surface area contributed by atoms with E-state index in [1.165, 1.54) is 24.3 Å². The first-order valence-corrected chi connectivity index (χ1v) is 8.99. The van der Waals surface area contributed by atoms with Crippen LogP contribution in [0.2, 0.25) is 0 Å². The lowest BCUT2D eigenvalue weighted by molar-refractivity contribution is 0.474. The van der Waals surface area contributed by atoms with Gasteiger partial charge in [-0.15, -0.1) is 0 Å². The van der Waals surface area contributed by atoms with E-state index in [4.69, 9.17) is 0 Å². The number of rotatable bonds is 5. The Kier molecular flexibility index (Phi) is 4.76. The lowest BCUT2D eigenvalue weighted by Crippen LogP contribution is -2.38. The van der Waals surface area contributed by atoms with Gasteiger partial charge in [-0.2, -0.15) is 11.8 Å². The molecular weight excluding hydrogens is 282 g/mol. The van der Waals surface area contributed by atoms with E-state index in [9.17, 15) is 13.5 Å². The lowest BCUT2D eigenvalue weighted by atomic mass is 10.3. The molecule has 4 nitrogen and oxygen atoms in total. The van der Waals surface area contributed by atoms with Gasteiger partial charge in [-0.05, 0) is 42.9 Å². The molecule has 2 atom stereocenters. The van der Waals surface area contributed by atoms with Gasteiger partial charge in [0.2, 0.25) is 10.0 Å². The zero-order chi connectivity index (χ0) is 13.9. The van der Waals surface area contributed by atoms with Gasteiger partial charge in [0, 0.05) is 11.3 Å². The molecule has 0 bridgehead atoms. The molecule has 2 rings (SSSR count). The number of sulfonamides is 1. The van der Waals surface area contributed by atoms with E-state index < -0.39 is 10.0 Å². The summed E-state index contributed by atoms with van der Waals surface area (Å²) in [6.45, 7) is 2.09. The van der Waals surface area contributed by atoms with Crippen LogP contribution in [0.15, 0.2) is 29.2 Å². The summed E-state index contributed by atoms with van der Waals surface area (Å²) < 4.78 is 27.3. The highest BCUT2D eigenvalue weighted by Crippen LogP contribution is 2.31. The number of nitrogens with one attached hydrogen (secondary N) is 1. The van der Waals surface area contributed by atoms with Gasteiger partial charge in [0.1, 0.15) is 5.75 Å². The summed E-state index contributed by atoms with van der Waals surface area (Å²) in [7, 11) is -3.49. The minimum Gasteiger partial charge on any atom is -0.508 e. The van der Waals surface area contributed by atoms with Crippen LogP contribution in [0.4, 0.5) is 0 Å². The van der Waals surface area contributed by atoms with Gasteiger partial charge < -0.3 is 5.11 Å². The van der Waals surface area contributed by atoms with E-state index >= 15 is 0 Å². The number of phenolic OH excluding ortho intramolecular Hbond substituents is 1. The molecule has 106 valence electrons. The summed E-state index contributed by atoms with van der Waals surface area (Å²) in [6.07, 6.45) is 3.04. The van der Waals surface area contributed by atoms with Crippen LogP contribution >= 0.6 is 11.8 Å². The van der Waals surface area contributed by atoms with E-state index in [1.807, 2.05) is 11.8 Å². The highest BCUT2D eigenvalue weighted by Gasteiger charge is 2.31. The van der Waals surface area contributed by atoms with Crippen LogP contribution < -0.4 is 4.72 Å². The van der Waals surface area contributed by atoms with Gasteiger partial charge in [0.25, 0.3) is 0 Å². The zero-order valence-electron chi connectivity index (χ0n) is 10.9. The Hall–Kier alpha value is -0.720. The van der Waals surface area contributed by atoms with Gasteiger partial charge in [-0.3, -0.25) is 0 Å². The number of benzene rings is 1. The van der Waals surface area contributed by atoms with Crippen molar-refractivity contribution in [3.63, 3.8) is 0 Å². The molecule has 0 aliphatic heterocycles. The summed E-state index contributed by atoms with van der Waals surface area (Å²) in [5.41, 5.74) is 0. The lowest BCUT2D eigenvalue weighted by Gasteiger charge is -2.20. The molecule has 6 heteroatoms. The van der Waals surface area contributed by atoms with Crippen LogP contribution in [0.5, 0.6) is 5.75 Å². The van der Waals surface area contributed by atoms with Crippen molar-refractivity contribution in [1.82, 2.24) is 4.72 Å². The minimum atomic E-state index is -3.49. The quantitative estimate of drug-likeness (QED) is 0.876. The Morgan fingerprint density at radius 3 is 2.63 bits per heavy atom. The molecule has 19 heavy (non-hydrogen) atoms. The molecule has 1 aliphatic carbocycles. The third-order valence-corrected chi connectivity index (χ3v) is 6.12. The van der Waals surface area contributed by atoms with Crippen molar-refractivity contribution < 1.29 is 13.5 Å². The Morgan fingerprint density at radius 1 is 1.32 bits per heavy atom. The van der Waals surface area contributed by atoms with Crippen molar-refractivity contribution in [3.8, 4) is 5.75 Å². The average Bonchev–Trinajstić information content (AvgIpc) is 2.77. The monoisotopic (exact) mass is 301 g/mol. The molecule has 0 aromatic heterocycles. The second-order valence-electron chi connectivity index (χ2n) is 4.65. The number of thioether (sulfide) groups is 1. The van der Waals surface area contributed by atoms with Gasteiger partial charge in [-0.25, -0.2) is 13.1 Å². The fourth-order valence-electron chi connectivity index (χ4n) is 2.37. The first-order valence-electron chi connectivity index (χ1n) is 6.46. The molecule has 1 saturated carbocycles. The molecule has 0 radical (unpaired) electrons. The van der Waals surface area contributed by atoms with Gasteiger partial charge >= 0.3 is 0 Å². The van der Waals surface area contributed by atoms with E-state index in [2.05, 4.69) is 11.6 Å². The van der Waals surface area contributed by atoms with E-state index in [0.29, 0.717) is 5.25 Å². The summed E-state index contributed by atoms with van der Waals surface area (Å²) in [6, 6.07) is 5.65. The Bertz CT molecular complexity index is 513. The highest BCUT2D eigenvalue weighted by molar-refractivity contribution is 8.00. The molecule has 1 aliphatic rings. The average molecular weight is 301 g/mol.